The number of rotatable bonds is 0. The highest BCUT2D eigenvalue weighted by Gasteiger charge is 2.15. The molecule has 0 aliphatic carbocycles. The molecule has 0 spiro atoms. The highest BCUT2D eigenvalue weighted by Crippen LogP contribution is 2.18. The molecule has 0 fully saturated rings. The molecule has 0 unspecified atom stereocenters. The zero-order valence-corrected chi connectivity index (χ0v) is 6.81. The van der Waals surface area contributed by atoms with Crippen molar-refractivity contribution in [1.29, 1.82) is 15.8 Å². The Hall–Kier alpha value is -2.78. The highest BCUT2D eigenvalue weighted by molar-refractivity contribution is 5.72. The third-order valence-corrected chi connectivity index (χ3v) is 1.84. The molecule has 2 aromatic heterocycles. The third-order valence-electron chi connectivity index (χ3n) is 1.84. The number of hydrogen-bond donors (Lipinski definition) is 1. The molecule has 0 atom stereocenters. The van der Waals surface area contributed by atoms with Gasteiger partial charge >= 0.3 is 0 Å². The monoisotopic (exact) mass is 182 g/mol. The Morgan fingerprint density at radius 3 is 2.57 bits per heavy atom. The van der Waals surface area contributed by atoms with Crippen LogP contribution < -0.4 is 0 Å². The van der Waals surface area contributed by atoms with Gasteiger partial charge in [-0.25, -0.2) is 9.73 Å². The van der Waals surface area contributed by atoms with Gasteiger partial charge in [-0.3, -0.25) is 0 Å². The number of aromatic nitrogens is 3. The second-order valence-corrected chi connectivity index (χ2v) is 2.53. The second kappa shape index (κ2) is 2.62. The molecule has 2 aromatic rings. The first kappa shape index (κ1) is 7.85. The normalized spacial score (nSPS) is 9.21. The molecule has 6 heteroatoms. The molecule has 2 rings (SSSR count). The number of nitriles is 3. The summed E-state index contributed by atoms with van der Waals surface area (Å²) in [7, 11) is 0. The Morgan fingerprint density at radius 2 is 2.00 bits per heavy atom. The van der Waals surface area contributed by atoms with Gasteiger partial charge in [-0.2, -0.15) is 15.8 Å². The Balaban J connectivity index is 2.97. The third kappa shape index (κ3) is 0.782. The fourth-order valence-corrected chi connectivity index (χ4v) is 1.25. The van der Waals surface area contributed by atoms with Crippen molar-refractivity contribution in [3.63, 3.8) is 0 Å². The van der Waals surface area contributed by atoms with Crippen molar-refractivity contribution >= 4 is 5.52 Å². The predicted octanol–water partition coefficient (Wildman–Crippen LogP) is 0.277. The van der Waals surface area contributed by atoms with Crippen molar-refractivity contribution < 1.29 is 0 Å². The summed E-state index contributed by atoms with van der Waals surface area (Å²) < 4.78 is 1.38. The van der Waals surface area contributed by atoms with Crippen molar-refractivity contribution in [2.45, 2.75) is 0 Å². The average molecular weight is 182 g/mol. The Morgan fingerprint density at radius 1 is 1.21 bits per heavy atom. The van der Waals surface area contributed by atoms with Crippen LogP contribution in [0.2, 0.25) is 0 Å². The fraction of sp³-hybridized carbons (Fsp3) is 0. The summed E-state index contributed by atoms with van der Waals surface area (Å²) in [4.78, 5) is 0. The Labute approximate surface area is 78.2 Å². The van der Waals surface area contributed by atoms with Crippen LogP contribution in [0.15, 0.2) is 6.20 Å². The van der Waals surface area contributed by atoms with Crippen molar-refractivity contribution in [2.75, 3.05) is 0 Å². The van der Waals surface area contributed by atoms with E-state index in [2.05, 4.69) is 10.3 Å². The first-order valence-electron chi connectivity index (χ1n) is 3.61. The number of fused-ring (bicyclic) bond motifs is 1. The van der Waals surface area contributed by atoms with Crippen LogP contribution in [0.5, 0.6) is 0 Å². The molecule has 0 aliphatic heterocycles. The van der Waals surface area contributed by atoms with E-state index in [1.54, 1.807) is 0 Å². The van der Waals surface area contributed by atoms with Crippen molar-refractivity contribution in [3.05, 3.63) is 23.0 Å². The van der Waals surface area contributed by atoms with Gasteiger partial charge in [0.2, 0.25) is 0 Å². The van der Waals surface area contributed by atoms with Gasteiger partial charge in [0.25, 0.3) is 0 Å². The van der Waals surface area contributed by atoms with Crippen molar-refractivity contribution in [1.82, 2.24) is 14.8 Å². The van der Waals surface area contributed by atoms with Crippen LogP contribution >= 0.6 is 0 Å². The minimum atomic E-state index is 0.114. The lowest BCUT2D eigenvalue weighted by atomic mass is 10.2. The van der Waals surface area contributed by atoms with Crippen LogP contribution in [-0.4, -0.2) is 14.8 Å². The van der Waals surface area contributed by atoms with Crippen molar-refractivity contribution in [2.24, 2.45) is 0 Å². The first-order valence-corrected chi connectivity index (χ1v) is 3.61. The van der Waals surface area contributed by atoms with Gasteiger partial charge in [-0.15, -0.1) is 5.10 Å². The molecule has 0 saturated heterocycles. The fourth-order valence-electron chi connectivity index (χ4n) is 1.25. The molecular weight excluding hydrogens is 180 g/mol. The molecule has 64 valence electrons. The van der Waals surface area contributed by atoms with Crippen LogP contribution in [0.1, 0.15) is 16.8 Å². The van der Waals surface area contributed by atoms with Gasteiger partial charge in [-0.05, 0) is 0 Å². The summed E-state index contributed by atoms with van der Waals surface area (Å²) in [5.74, 6) is 0. The van der Waals surface area contributed by atoms with E-state index in [9.17, 15) is 0 Å². The second-order valence-electron chi connectivity index (χ2n) is 2.53. The lowest BCUT2D eigenvalue weighted by molar-refractivity contribution is 0.859. The molecular formula is C8H2N6. The van der Waals surface area contributed by atoms with Crippen LogP contribution in [0.4, 0.5) is 0 Å². The highest BCUT2D eigenvalue weighted by atomic mass is 15.4. The van der Waals surface area contributed by atoms with Gasteiger partial charge in [-0.1, -0.05) is 0 Å². The van der Waals surface area contributed by atoms with E-state index in [0.717, 1.165) is 0 Å². The average Bonchev–Trinajstić information content (AvgIpc) is 2.74. The Bertz CT molecular complexity index is 624. The van der Waals surface area contributed by atoms with Crippen LogP contribution in [0.3, 0.4) is 0 Å². The molecule has 0 bridgehead atoms. The van der Waals surface area contributed by atoms with E-state index in [-0.39, 0.29) is 16.8 Å². The maximum atomic E-state index is 8.81. The van der Waals surface area contributed by atoms with E-state index in [1.807, 2.05) is 18.2 Å². The molecule has 2 heterocycles. The van der Waals surface area contributed by atoms with Gasteiger partial charge < -0.3 is 0 Å². The molecule has 0 radical (unpaired) electrons. The Kier molecular flexibility index (Phi) is 1.47. The van der Waals surface area contributed by atoms with E-state index >= 15 is 0 Å². The van der Waals surface area contributed by atoms with Gasteiger partial charge in [0.15, 0.2) is 5.69 Å². The van der Waals surface area contributed by atoms with Gasteiger partial charge in [0.1, 0.15) is 29.3 Å². The summed E-state index contributed by atoms with van der Waals surface area (Å²) in [6, 6.07) is 5.59. The molecule has 6 nitrogen and oxygen atoms in total. The van der Waals surface area contributed by atoms with E-state index in [1.165, 1.54) is 10.7 Å². The summed E-state index contributed by atoms with van der Waals surface area (Å²) in [5, 5.41) is 32.4. The van der Waals surface area contributed by atoms with Crippen LogP contribution in [0.25, 0.3) is 5.52 Å². The van der Waals surface area contributed by atoms with Crippen LogP contribution in [-0.2, 0) is 0 Å². The minimum absolute atomic E-state index is 0.114. The zero-order chi connectivity index (χ0) is 10.1. The largest absolute Gasteiger partial charge is 0.242 e. The van der Waals surface area contributed by atoms with Crippen molar-refractivity contribution in [3.8, 4) is 18.2 Å². The van der Waals surface area contributed by atoms with E-state index < -0.39 is 0 Å². The predicted molar refractivity (Wildman–Crippen MR) is 43.7 cm³/mol. The quantitative estimate of drug-likeness (QED) is 0.631. The summed E-state index contributed by atoms with van der Waals surface area (Å²) in [5.41, 5.74) is 0.880. The van der Waals surface area contributed by atoms with Gasteiger partial charge in [0.05, 0.1) is 5.56 Å². The number of nitrogens with one attached hydrogen (secondary N) is 1. The SMILES string of the molecule is N#Cc1cn2[nH]nc(C#N)c2c1C#N. The molecule has 1 N–H and O–H groups in total. The van der Waals surface area contributed by atoms with Crippen LogP contribution in [0, 0.1) is 34.0 Å². The molecule has 14 heavy (non-hydrogen) atoms. The number of hydrogen-bond acceptors (Lipinski definition) is 4. The molecule has 0 aromatic carbocycles. The molecule has 0 aliphatic rings. The molecule has 0 saturated carbocycles. The summed E-state index contributed by atoms with van der Waals surface area (Å²) >= 11 is 0. The lowest BCUT2D eigenvalue weighted by Crippen LogP contribution is -1.79. The smallest absolute Gasteiger partial charge is 0.189 e. The minimum Gasteiger partial charge on any atom is -0.242 e. The number of H-pyrrole nitrogens is 1. The molecule has 0 amide bonds. The standard InChI is InChI=1S/C8H2N6/c9-1-5-4-14-8(6(5)2-10)7(3-11)12-13-14/h4,13H. The number of nitrogens with zero attached hydrogens (tertiary/aromatic N) is 5. The lowest BCUT2D eigenvalue weighted by Gasteiger charge is -1.80. The first-order chi connectivity index (χ1) is 6.81. The van der Waals surface area contributed by atoms with E-state index in [0.29, 0.717) is 5.52 Å². The number of aromatic amines is 1. The zero-order valence-electron chi connectivity index (χ0n) is 6.81. The van der Waals surface area contributed by atoms with Gasteiger partial charge in [0, 0.05) is 6.20 Å². The topological polar surface area (TPSA) is 104 Å². The van der Waals surface area contributed by atoms with E-state index in [4.69, 9.17) is 15.8 Å². The summed E-state index contributed by atoms with van der Waals surface area (Å²) in [6.45, 7) is 0. The maximum Gasteiger partial charge on any atom is 0.189 e. The maximum absolute atomic E-state index is 8.81. The summed E-state index contributed by atoms with van der Waals surface area (Å²) in [6.07, 6.45) is 1.43.